The molecule has 37 heavy (non-hydrogen) atoms. The van der Waals surface area contributed by atoms with E-state index in [0.717, 1.165) is 47.9 Å². The third-order valence-electron chi connectivity index (χ3n) is 6.58. The molecule has 0 heterocycles. The van der Waals surface area contributed by atoms with Gasteiger partial charge in [-0.2, -0.15) is 0 Å². The average Bonchev–Trinajstić information content (AvgIpc) is 3.37. The Morgan fingerprint density at radius 2 is 1.78 bits per heavy atom. The van der Waals surface area contributed by atoms with Crippen LogP contribution in [0.15, 0.2) is 54.6 Å². The Balaban J connectivity index is 1.89. The van der Waals surface area contributed by atoms with Crippen molar-refractivity contribution in [3.8, 4) is 0 Å². The van der Waals surface area contributed by atoms with Gasteiger partial charge in [0.1, 0.15) is 12.6 Å². The van der Waals surface area contributed by atoms with E-state index in [0.29, 0.717) is 12.8 Å². The van der Waals surface area contributed by atoms with Gasteiger partial charge in [0, 0.05) is 24.7 Å². The molecule has 0 aliphatic heterocycles. The van der Waals surface area contributed by atoms with Gasteiger partial charge >= 0.3 is 0 Å². The lowest BCUT2D eigenvalue weighted by atomic mass is 10.1. The molecule has 2 aromatic rings. The quantitative estimate of drug-likeness (QED) is 0.331. The number of hydrogen-bond acceptors (Lipinski definition) is 6. The lowest BCUT2D eigenvalue weighted by Crippen LogP contribution is -2.54. The summed E-state index contributed by atoms with van der Waals surface area (Å²) in [6.07, 6.45) is 5.67. The largest absolute Gasteiger partial charge is 0.352 e. The minimum atomic E-state index is -3.96. The van der Waals surface area contributed by atoms with Crippen LogP contribution in [0.5, 0.6) is 0 Å². The Morgan fingerprint density at radius 3 is 2.38 bits per heavy atom. The highest BCUT2D eigenvalue weighted by molar-refractivity contribution is 7.92. The van der Waals surface area contributed by atoms with Crippen molar-refractivity contribution in [2.45, 2.75) is 57.5 Å². The van der Waals surface area contributed by atoms with E-state index in [1.165, 1.54) is 23.1 Å². The number of sulfonamides is 1. The Bertz CT molecular complexity index is 1200. The van der Waals surface area contributed by atoms with Crippen LogP contribution in [0.25, 0.3) is 0 Å². The first-order chi connectivity index (χ1) is 17.6. The first-order valence-corrected chi connectivity index (χ1v) is 14.3. The summed E-state index contributed by atoms with van der Waals surface area (Å²) in [6, 6.07) is 14.0. The molecule has 1 N–H and O–H groups in total. The monoisotopic (exact) mass is 530 g/mol. The van der Waals surface area contributed by atoms with Crippen molar-refractivity contribution < 1.29 is 22.9 Å². The predicted octanol–water partition coefficient (Wildman–Crippen LogP) is 3.27. The normalized spacial score (nSPS) is 14.6. The molecule has 0 aromatic heterocycles. The minimum absolute atomic E-state index is 0.0107. The number of benzene rings is 2. The molecule has 0 saturated heterocycles. The lowest BCUT2D eigenvalue weighted by molar-refractivity contribution is -0.384. The van der Waals surface area contributed by atoms with Crippen LogP contribution in [0.4, 0.5) is 11.4 Å². The number of nitro groups is 1. The van der Waals surface area contributed by atoms with Gasteiger partial charge in [-0.3, -0.25) is 24.0 Å². The van der Waals surface area contributed by atoms with Gasteiger partial charge in [0.25, 0.3) is 5.69 Å². The predicted molar refractivity (Wildman–Crippen MR) is 142 cm³/mol. The number of rotatable bonds is 12. The van der Waals surface area contributed by atoms with E-state index < -0.39 is 33.4 Å². The highest BCUT2D eigenvalue weighted by atomic mass is 32.2. The summed E-state index contributed by atoms with van der Waals surface area (Å²) in [6.45, 7) is 1.45. The maximum absolute atomic E-state index is 13.7. The third-order valence-corrected chi connectivity index (χ3v) is 7.72. The highest BCUT2D eigenvalue weighted by Crippen LogP contribution is 2.24. The van der Waals surface area contributed by atoms with Crippen LogP contribution in [-0.4, -0.2) is 61.5 Å². The molecule has 2 aromatic carbocycles. The summed E-state index contributed by atoms with van der Waals surface area (Å²) >= 11 is 0. The van der Waals surface area contributed by atoms with E-state index in [2.05, 4.69) is 5.32 Å². The first-order valence-electron chi connectivity index (χ1n) is 12.5. The number of nitrogens with zero attached hydrogens (tertiary/aromatic N) is 3. The Hall–Kier alpha value is -3.47. The molecule has 1 fully saturated rings. The van der Waals surface area contributed by atoms with Gasteiger partial charge in [0.2, 0.25) is 21.8 Å². The first kappa shape index (κ1) is 28.1. The van der Waals surface area contributed by atoms with Crippen LogP contribution < -0.4 is 9.62 Å². The van der Waals surface area contributed by atoms with E-state index in [1.807, 2.05) is 37.3 Å². The van der Waals surface area contributed by atoms with E-state index >= 15 is 0 Å². The van der Waals surface area contributed by atoms with Gasteiger partial charge in [-0.1, -0.05) is 56.2 Å². The molecule has 0 unspecified atom stereocenters. The molecule has 200 valence electrons. The topological polar surface area (TPSA) is 130 Å². The number of non-ortho nitro benzene ring substituents is 1. The zero-order valence-corrected chi connectivity index (χ0v) is 22.0. The molecule has 1 atom stereocenters. The van der Waals surface area contributed by atoms with Crippen LogP contribution in [0.3, 0.4) is 0 Å². The molecular weight excluding hydrogens is 496 g/mol. The van der Waals surface area contributed by atoms with Crippen LogP contribution in [0.2, 0.25) is 0 Å². The molecule has 1 aliphatic rings. The number of hydrogen-bond donors (Lipinski definition) is 1. The van der Waals surface area contributed by atoms with Crippen LogP contribution in [0, 0.1) is 10.1 Å². The van der Waals surface area contributed by atoms with Gasteiger partial charge in [-0.15, -0.1) is 0 Å². The highest BCUT2D eigenvalue weighted by Gasteiger charge is 2.33. The van der Waals surface area contributed by atoms with Crippen molar-refractivity contribution >= 4 is 33.2 Å². The molecule has 0 radical (unpaired) electrons. The van der Waals surface area contributed by atoms with Gasteiger partial charge in [-0.25, -0.2) is 8.42 Å². The fourth-order valence-corrected chi connectivity index (χ4v) is 5.48. The number of carbonyl (C=O) groups is 2. The van der Waals surface area contributed by atoms with E-state index in [9.17, 15) is 28.1 Å². The molecule has 2 amide bonds. The van der Waals surface area contributed by atoms with Gasteiger partial charge in [0.15, 0.2) is 0 Å². The third kappa shape index (κ3) is 7.75. The Labute approximate surface area is 217 Å². The van der Waals surface area contributed by atoms with Crippen molar-refractivity contribution in [3.05, 3.63) is 70.3 Å². The molecule has 3 rings (SSSR count). The zero-order chi connectivity index (χ0) is 27.0. The Morgan fingerprint density at radius 1 is 1.11 bits per heavy atom. The number of carbonyl (C=O) groups excluding carboxylic acids is 2. The maximum atomic E-state index is 13.7. The minimum Gasteiger partial charge on any atom is -0.352 e. The van der Waals surface area contributed by atoms with E-state index in [4.69, 9.17) is 0 Å². The molecule has 0 bridgehead atoms. The van der Waals surface area contributed by atoms with Gasteiger partial charge in [-0.05, 0) is 37.3 Å². The van der Waals surface area contributed by atoms with Crippen LogP contribution in [0.1, 0.15) is 44.6 Å². The SMILES string of the molecule is CC[C@@H](C(=O)NC1CCCC1)N(CCc1ccccc1)C(=O)CN(c1cccc([N+](=O)[O-])c1)S(C)(=O)=O. The zero-order valence-electron chi connectivity index (χ0n) is 21.2. The van der Waals surface area contributed by atoms with Crippen LogP contribution >= 0.6 is 0 Å². The lowest BCUT2D eigenvalue weighted by Gasteiger charge is -2.33. The number of nitro benzene ring substituents is 1. The van der Waals surface area contributed by atoms with E-state index in [-0.39, 0.29) is 29.9 Å². The molecular formula is C26H34N4O6S. The second-order valence-corrected chi connectivity index (χ2v) is 11.2. The second kappa shape index (κ2) is 12.7. The smallest absolute Gasteiger partial charge is 0.271 e. The molecule has 0 spiro atoms. The van der Waals surface area contributed by atoms with Gasteiger partial charge < -0.3 is 10.2 Å². The summed E-state index contributed by atoms with van der Waals surface area (Å²) in [5.41, 5.74) is 0.698. The van der Waals surface area contributed by atoms with Crippen molar-refractivity contribution in [3.63, 3.8) is 0 Å². The summed E-state index contributed by atoms with van der Waals surface area (Å²) in [5.74, 6) is -0.807. The fraction of sp³-hybridized carbons (Fsp3) is 0.462. The number of anilines is 1. The van der Waals surface area contributed by atoms with Crippen molar-refractivity contribution in [2.75, 3.05) is 23.7 Å². The fourth-order valence-electron chi connectivity index (χ4n) is 4.64. The van der Waals surface area contributed by atoms with Crippen molar-refractivity contribution in [2.24, 2.45) is 0 Å². The second-order valence-electron chi connectivity index (χ2n) is 9.28. The maximum Gasteiger partial charge on any atom is 0.271 e. The van der Waals surface area contributed by atoms with E-state index in [1.54, 1.807) is 0 Å². The van der Waals surface area contributed by atoms with Gasteiger partial charge in [0.05, 0.1) is 16.9 Å². The number of amides is 2. The summed E-state index contributed by atoms with van der Waals surface area (Å²) in [7, 11) is -3.96. The molecule has 10 nitrogen and oxygen atoms in total. The number of nitrogens with one attached hydrogen (secondary N) is 1. The Kier molecular flexibility index (Phi) is 9.62. The standard InChI is InChI=1S/C26H34N4O6S/c1-3-24(26(32)27-21-12-7-8-13-21)28(17-16-20-10-5-4-6-11-20)25(31)19-29(37(2,35)36)22-14-9-15-23(18-22)30(33)34/h4-6,9-11,14-15,18,21,24H,3,7-8,12-13,16-17,19H2,1-2H3,(H,27,32)/t24-/m0/s1. The average molecular weight is 531 g/mol. The van der Waals surface area contributed by atoms with Crippen molar-refractivity contribution in [1.29, 1.82) is 0 Å². The molecule has 1 saturated carbocycles. The van der Waals surface area contributed by atoms with Crippen molar-refractivity contribution in [1.82, 2.24) is 10.2 Å². The summed E-state index contributed by atoms with van der Waals surface area (Å²) in [4.78, 5) is 39.0. The summed E-state index contributed by atoms with van der Waals surface area (Å²) < 4.78 is 26.2. The van der Waals surface area contributed by atoms with Crippen LogP contribution in [-0.2, 0) is 26.0 Å². The molecule has 11 heteroatoms. The summed E-state index contributed by atoms with van der Waals surface area (Å²) in [5, 5.41) is 14.3. The molecule has 1 aliphatic carbocycles.